The minimum Gasteiger partial charge on any atom is -0.496 e. The number of carbonyl (C=O) groups excluding carboxylic acids is 2. The molecule has 0 spiro atoms. The standard InChI is InChI=1S/C36H29F9N2O4/c1-18-11-21(32(48)46-3)5-8-27(18)20-6-10-30(50-4)29(15-20)28-9-7-24(34(37,38)39)14-23(28)17-47-19(2)31(51-33(47)49)22-12-25(35(40,41)42)16-26(13-22)36(43,44)45/h5-16,19,31H,17H2,1-4H3,(H,46,48)/t19-,31-/m0/s1. The van der Waals surface area contributed by atoms with Crippen LogP contribution in [0.2, 0.25) is 0 Å². The van der Waals surface area contributed by atoms with Crippen molar-refractivity contribution in [3.8, 4) is 28.0 Å². The molecule has 6 nitrogen and oxygen atoms in total. The Kier molecular flexibility index (Phi) is 9.80. The highest BCUT2D eigenvalue weighted by molar-refractivity contribution is 5.95. The molecule has 4 aromatic carbocycles. The number of methoxy groups -OCH3 is 1. The molecule has 0 unspecified atom stereocenters. The highest BCUT2D eigenvalue weighted by Crippen LogP contribution is 2.43. The van der Waals surface area contributed by atoms with Crippen molar-refractivity contribution >= 4 is 12.0 Å². The summed E-state index contributed by atoms with van der Waals surface area (Å²) in [6.45, 7) is 2.52. The first-order chi connectivity index (χ1) is 23.7. The molecule has 0 radical (unpaired) electrons. The Morgan fingerprint density at radius 2 is 1.39 bits per heavy atom. The van der Waals surface area contributed by atoms with Gasteiger partial charge in [0.25, 0.3) is 5.91 Å². The maximum Gasteiger partial charge on any atom is 0.416 e. The molecule has 2 atom stereocenters. The van der Waals surface area contributed by atoms with Gasteiger partial charge in [-0.05, 0) is 102 Å². The topological polar surface area (TPSA) is 67.9 Å². The number of benzene rings is 4. The number of alkyl halides is 9. The van der Waals surface area contributed by atoms with E-state index in [9.17, 15) is 49.1 Å². The number of aryl methyl sites for hydroxylation is 1. The summed E-state index contributed by atoms with van der Waals surface area (Å²) >= 11 is 0. The predicted molar refractivity (Wildman–Crippen MR) is 168 cm³/mol. The van der Waals surface area contributed by atoms with Crippen LogP contribution in [0.4, 0.5) is 44.3 Å². The fraction of sp³-hybridized carbons (Fsp3) is 0.278. The zero-order valence-electron chi connectivity index (χ0n) is 27.3. The van der Waals surface area contributed by atoms with E-state index in [2.05, 4.69) is 5.32 Å². The average molecular weight is 725 g/mol. The molecule has 1 saturated heterocycles. The van der Waals surface area contributed by atoms with Gasteiger partial charge in [0.2, 0.25) is 0 Å². The van der Waals surface area contributed by atoms with Gasteiger partial charge in [0, 0.05) is 18.2 Å². The number of hydrogen-bond donors (Lipinski definition) is 1. The van der Waals surface area contributed by atoms with Crippen molar-refractivity contribution < 1.29 is 58.6 Å². The minimum absolute atomic E-state index is 0.0586. The van der Waals surface area contributed by atoms with E-state index in [0.29, 0.717) is 39.9 Å². The number of hydrogen-bond acceptors (Lipinski definition) is 4. The van der Waals surface area contributed by atoms with E-state index in [4.69, 9.17) is 9.47 Å². The van der Waals surface area contributed by atoms with E-state index in [1.165, 1.54) is 27.1 Å². The second-order valence-corrected chi connectivity index (χ2v) is 11.9. The third-order valence-electron chi connectivity index (χ3n) is 8.62. The fourth-order valence-corrected chi connectivity index (χ4v) is 6.01. The van der Waals surface area contributed by atoms with Gasteiger partial charge in [-0.3, -0.25) is 9.69 Å². The Balaban J connectivity index is 1.59. The summed E-state index contributed by atoms with van der Waals surface area (Å²) in [7, 11) is 2.83. The Morgan fingerprint density at radius 1 is 0.784 bits per heavy atom. The van der Waals surface area contributed by atoms with Gasteiger partial charge in [0.15, 0.2) is 0 Å². The van der Waals surface area contributed by atoms with Crippen molar-refractivity contribution in [2.75, 3.05) is 14.2 Å². The zero-order valence-corrected chi connectivity index (χ0v) is 27.3. The molecule has 1 fully saturated rings. The van der Waals surface area contributed by atoms with E-state index in [1.807, 2.05) is 0 Å². The largest absolute Gasteiger partial charge is 0.496 e. The molecule has 0 aromatic heterocycles. The summed E-state index contributed by atoms with van der Waals surface area (Å²) < 4.78 is 134. The van der Waals surface area contributed by atoms with E-state index in [1.54, 1.807) is 43.3 Å². The van der Waals surface area contributed by atoms with E-state index >= 15 is 0 Å². The molecule has 5 rings (SSSR count). The van der Waals surface area contributed by atoms with E-state index in [-0.39, 0.29) is 28.8 Å². The number of amides is 2. The lowest BCUT2D eigenvalue weighted by atomic mass is 9.91. The summed E-state index contributed by atoms with van der Waals surface area (Å²) in [5, 5.41) is 2.54. The Morgan fingerprint density at radius 3 is 1.94 bits per heavy atom. The SMILES string of the molecule is CNC(=O)c1ccc(-c2ccc(OC)c(-c3ccc(C(F)(F)F)cc3CN3C(=O)O[C@H](c4cc(C(F)(F)F)cc(C(F)(F)F)c4)[C@@H]3C)c2)c(C)c1. The quantitative estimate of drug-likeness (QED) is 0.193. The summed E-state index contributed by atoms with van der Waals surface area (Å²) in [6, 6.07) is 12.4. The van der Waals surface area contributed by atoms with Crippen molar-refractivity contribution in [1.82, 2.24) is 10.2 Å². The number of cyclic esters (lactones) is 1. The predicted octanol–water partition coefficient (Wildman–Crippen LogP) is 9.84. The maximum absolute atomic E-state index is 14.0. The smallest absolute Gasteiger partial charge is 0.416 e. The van der Waals surface area contributed by atoms with Crippen LogP contribution in [0.5, 0.6) is 5.75 Å². The second kappa shape index (κ2) is 13.5. The molecule has 15 heteroatoms. The number of rotatable bonds is 7. The van der Waals surface area contributed by atoms with Crippen LogP contribution in [0.25, 0.3) is 22.3 Å². The highest BCUT2D eigenvalue weighted by Gasteiger charge is 2.44. The lowest BCUT2D eigenvalue weighted by Crippen LogP contribution is -2.32. The molecule has 2 amide bonds. The fourth-order valence-electron chi connectivity index (χ4n) is 6.01. The first-order valence-electron chi connectivity index (χ1n) is 15.2. The third kappa shape index (κ3) is 7.61. The molecule has 0 saturated carbocycles. The van der Waals surface area contributed by atoms with Crippen LogP contribution in [0.15, 0.2) is 72.8 Å². The average Bonchev–Trinajstić information content (AvgIpc) is 3.34. The van der Waals surface area contributed by atoms with Crippen LogP contribution < -0.4 is 10.1 Å². The van der Waals surface area contributed by atoms with Crippen molar-refractivity contribution in [2.24, 2.45) is 0 Å². The second-order valence-electron chi connectivity index (χ2n) is 11.9. The summed E-state index contributed by atoms with van der Waals surface area (Å²) in [6.07, 6.45) is -17.9. The van der Waals surface area contributed by atoms with Crippen LogP contribution >= 0.6 is 0 Å². The van der Waals surface area contributed by atoms with Crippen molar-refractivity contribution in [1.29, 1.82) is 0 Å². The van der Waals surface area contributed by atoms with Gasteiger partial charge in [0.1, 0.15) is 11.9 Å². The van der Waals surface area contributed by atoms with Crippen molar-refractivity contribution in [2.45, 2.75) is 51.1 Å². The molecule has 1 N–H and O–H groups in total. The molecular formula is C36H29F9N2O4. The number of halogens is 9. The molecule has 1 heterocycles. The normalized spacial score (nSPS) is 16.6. The van der Waals surface area contributed by atoms with Gasteiger partial charge >= 0.3 is 24.6 Å². The molecular weight excluding hydrogens is 695 g/mol. The number of carbonyl (C=O) groups is 2. The van der Waals surface area contributed by atoms with Gasteiger partial charge in [0.05, 0.1) is 36.4 Å². The first kappa shape index (κ1) is 37.1. The van der Waals surface area contributed by atoms with Crippen molar-refractivity contribution in [3.05, 3.63) is 112 Å². The lowest BCUT2D eigenvalue weighted by Gasteiger charge is -2.24. The monoisotopic (exact) mass is 724 g/mol. The Labute approximate surface area is 285 Å². The third-order valence-corrected chi connectivity index (χ3v) is 8.62. The van der Waals surface area contributed by atoms with Crippen LogP contribution in [0.3, 0.4) is 0 Å². The molecule has 270 valence electrons. The highest BCUT2D eigenvalue weighted by atomic mass is 19.4. The molecule has 0 bridgehead atoms. The molecule has 51 heavy (non-hydrogen) atoms. The van der Waals surface area contributed by atoms with Crippen LogP contribution in [-0.2, 0) is 29.8 Å². The number of nitrogens with zero attached hydrogens (tertiary/aromatic N) is 1. The summed E-state index contributed by atoms with van der Waals surface area (Å²) in [5.41, 5.74) is -2.00. The van der Waals surface area contributed by atoms with Gasteiger partial charge < -0.3 is 14.8 Å². The number of ether oxygens (including phenoxy) is 2. The number of nitrogens with one attached hydrogen (secondary N) is 1. The molecule has 0 aliphatic carbocycles. The molecule has 1 aliphatic heterocycles. The Bertz CT molecular complexity index is 1950. The van der Waals surface area contributed by atoms with Crippen LogP contribution in [0.1, 0.15) is 56.8 Å². The lowest BCUT2D eigenvalue weighted by molar-refractivity contribution is -0.143. The van der Waals surface area contributed by atoms with E-state index < -0.39 is 65.6 Å². The maximum atomic E-state index is 14.0. The summed E-state index contributed by atoms with van der Waals surface area (Å²) in [5.74, 6) is -0.0572. The summed E-state index contributed by atoms with van der Waals surface area (Å²) in [4.78, 5) is 26.2. The van der Waals surface area contributed by atoms with Gasteiger partial charge in [-0.1, -0.05) is 18.2 Å². The molecule has 1 aliphatic rings. The van der Waals surface area contributed by atoms with Gasteiger partial charge in [-0.15, -0.1) is 0 Å². The first-order valence-corrected chi connectivity index (χ1v) is 15.2. The van der Waals surface area contributed by atoms with Crippen LogP contribution in [-0.4, -0.2) is 37.1 Å². The minimum atomic E-state index is -5.16. The van der Waals surface area contributed by atoms with Crippen molar-refractivity contribution in [3.63, 3.8) is 0 Å². The van der Waals surface area contributed by atoms with Gasteiger partial charge in [-0.25, -0.2) is 4.79 Å². The molecule has 4 aromatic rings. The van der Waals surface area contributed by atoms with Crippen LogP contribution in [0, 0.1) is 6.92 Å². The Hall–Kier alpha value is -5.21. The van der Waals surface area contributed by atoms with Gasteiger partial charge in [-0.2, -0.15) is 39.5 Å². The zero-order chi connectivity index (χ0) is 37.6. The van der Waals surface area contributed by atoms with E-state index in [0.717, 1.165) is 17.0 Å².